The molecule has 0 spiro atoms. The third-order valence-corrected chi connectivity index (χ3v) is 4.28. The Kier molecular flexibility index (Phi) is 7.22. The Morgan fingerprint density at radius 1 is 1.33 bits per heavy atom. The Bertz CT molecular complexity index is 446. The van der Waals surface area contributed by atoms with Gasteiger partial charge in [-0.25, -0.2) is 4.79 Å². The predicted molar refractivity (Wildman–Crippen MR) is 84.5 cm³/mol. The van der Waals surface area contributed by atoms with Crippen molar-refractivity contribution in [2.45, 2.75) is 39.7 Å². The van der Waals surface area contributed by atoms with Gasteiger partial charge in [-0.1, -0.05) is 26.8 Å². The SMILES string of the molecule is CC(CCCNC(=O)NC(c1cccs1)C(C)C)C(=O)O. The number of rotatable bonds is 8. The van der Waals surface area contributed by atoms with Crippen molar-refractivity contribution in [1.29, 1.82) is 0 Å². The minimum Gasteiger partial charge on any atom is -0.481 e. The second-order valence-electron chi connectivity index (χ2n) is 5.52. The van der Waals surface area contributed by atoms with Gasteiger partial charge in [-0.2, -0.15) is 0 Å². The first-order valence-electron chi connectivity index (χ1n) is 7.22. The second kappa shape index (κ2) is 8.67. The van der Waals surface area contributed by atoms with Crippen LogP contribution in [0, 0.1) is 11.8 Å². The van der Waals surface area contributed by atoms with Gasteiger partial charge in [0.25, 0.3) is 0 Å². The number of thiophene rings is 1. The lowest BCUT2D eigenvalue weighted by molar-refractivity contribution is -0.141. The number of amides is 2. The number of hydrogen-bond acceptors (Lipinski definition) is 3. The zero-order valence-electron chi connectivity index (χ0n) is 12.8. The minimum absolute atomic E-state index is 0.00273. The number of aliphatic carboxylic acids is 1. The van der Waals surface area contributed by atoms with E-state index in [4.69, 9.17) is 5.11 Å². The van der Waals surface area contributed by atoms with Gasteiger partial charge in [-0.15, -0.1) is 11.3 Å². The maximum atomic E-state index is 11.9. The highest BCUT2D eigenvalue weighted by Crippen LogP contribution is 2.25. The third kappa shape index (κ3) is 6.16. The summed E-state index contributed by atoms with van der Waals surface area (Å²) in [5.41, 5.74) is 0. The van der Waals surface area contributed by atoms with Crippen molar-refractivity contribution < 1.29 is 14.7 Å². The largest absolute Gasteiger partial charge is 0.481 e. The molecule has 2 amide bonds. The van der Waals surface area contributed by atoms with Crippen LogP contribution >= 0.6 is 11.3 Å². The fourth-order valence-electron chi connectivity index (χ4n) is 1.96. The van der Waals surface area contributed by atoms with Crippen LogP contribution < -0.4 is 10.6 Å². The molecule has 0 aliphatic carbocycles. The van der Waals surface area contributed by atoms with Crippen LogP contribution in [0.3, 0.4) is 0 Å². The van der Waals surface area contributed by atoms with E-state index in [-0.39, 0.29) is 18.0 Å². The third-order valence-electron chi connectivity index (χ3n) is 3.32. The van der Waals surface area contributed by atoms with Crippen molar-refractivity contribution >= 4 is 23.3 Å². The van der Waals surface area contributed by atoms with Crippen LogP contribution in [0.25, 0.3) is 0 Å². The van der Waals surface area contributed by atoms with Gasteiger partial charge >= 0.3 is 12.0 Å². The summed E-state index contributed by atoms with van der Waals surface area (Å²) in [5, 5.41) is 16.5. The molecule has 0 saturated carbocycles. The lowest BCUT2D eigenvalue weighted by Gasteiger charge is -2.21. The van der Waals surface area contributed by atoms with Crippen LogP contribution in [-0.4, -0.2) is 23.7 Å². The van der Waals surface area contributed by atoms with Crippen LogP contribution in [0.2, 0.25) is 0 Å². The van der Waals surface area contributed by atoms with Gasteiger partial charge < -0.3 is 15.7 Å². The van der Waals surface area contributed by atoms with E-state index >= 15 is 0 Å². The van der Waals surface area contributed by atoms with Crippen molar-refractivity contribution in [3.63, 3.8) is 0 Å². The van der Waals surface area contributed by atoms with Crippen molar-refractivity contribution in [3.05, 3.63) is 22.4 Å². The number of carboxylic acid groups (broad SMARTS) is 1. The van der Waals surface area contributed by atoms with E-state index < -0.39 is 5.97 Å². The molecule has 21 heavy (non-hydrogen) atoms. The molecule has 2 unspecified atom stereocenters. The number of urea groups is 1. The molecule has 118 valence electrons. The normalized spacial score (nSPS) is 13.7. The summed E-state index contributed by atoms with van der Waals surface area (Å²) in [7, 11) is 0. The van der Waals surface area contributed by atoms with Crippen LogP contribution in [0.15, 0.2) is 17.5 Å². The van der Waals surface area contributed by atoms with Gasteiger partial charge in [0.15, 0.2) is 0 Å². The summed E-state index contributed by atoms with van der Waals surface area (Å²) in [4.78, 5) is 23.7. The predicted octanol–water partition coefficient (Wildman–Crippen LogP) is 3.25. The molecule has 0 fully saturated rings. The molecule has 0 aliphatic heterocycles. The van der Waals surface area contributed by atoms with Crippen LogP contribution in [0.5, 0.6) is 0 Å². The van der Waals surface area contributed by atoms with Crippen molar-refractivity contribution in [1.82, 2.24) is 10.6 Å². The zero-order chi connectivity index (χ0) is 15.8. The molecular formula is C15H24N2O3S. The summed E-state index contributed by atoms with van der Waals surface area (Å²) in [6.45, 7) is 6.30. The molecular weight excluding hydrogens is 288 g/mol. The summed E-state index contributed by atoms with van der Waals surface area (Å²) >= 11 is 1.63. The summed E-state index contributed by atoms with van der Waals surface area (Å²) in [6.07, 6.45) is 1.22. The Morgan fingerprint density at radius 2 is 2.05 bits per heavy atom. The Labute approximate surface area is 129 Å². The van der Waals surface area contributed by atoms with E-state index in [1.807, 2.05) is 17.5 Å². The molecule has 1 aromatic heterocycles. The number of hydrogen-bond donors (Lipinski definition) is 3. The van der Waals surface area contributed by atoms with E-state index in [9.17, 15) is 9.59 Å². The first kappa shape index (κ1) is 17.5. The molecule has 2 atom stereocenters. The maximum Gasteiger partial charge on any atom is 0.315 e. The van der Waals surface area contributed by atoms with Gasteiger partial charge in [-0.05, 0) is 30.2 Å². The average Bonchev–Trinajstić information content (AvgIpc) is 2.93. The molecule has 1 aromatic rings. The molecule has 1 rings (SSSR count). The molecule has 0 aliphatic rings. The van der Waals surface area contributed by atoms with E-state index in [0.29, 0.717) is 25.3 Å². The molecule has 6 heteroatoms. The Balaban J connectivity index is 2.33. The number of carboxylic acids is 1. The topological polar surface area (TPSA) is 78.4 Å². The fraction of sp³-hybridized carbons (Fsp3) is 0.600. The molecule has 0 radical (unpaired) electrons. The van der Waals surface area contributed by atoms with Gasteiger partial charge in [0.1, 0.15) is 0 Å². The average molecular weight is 312 g/mol. The highest BCUT2D eigenvalue weighted by atomic mass is 32.1. The van der Waals surface area contributed by atoms with Crippen LogP contribution in [0.4, 0.5) is 4.79 Å². The van der Waals surface area contributed by atoms with Crippen LogP contribution in [0.1, 0.15) is 44.5 Å². The van der Waals surface area contributed by atoms with E-state index in [2.05, 4.69) is 24.5 Å². The molecule has 0 saturated heterocycles. The zero-order valence-corrected chi connectivity index (χ0v) is 13.6. The van der Waals surface area contributed by atoms with Gasteiger partial charge in [0.05, 0.1) is 12.0 Å². The standard InChI is InChI=1S/C15H24N2O3S/c1-10(2)13(12-7-5-9-21-12)17-15(20)16-8-4-6-11(3)14(18)19/h5,7,9-11,13H,4,6,8H2,1-3H3,(H,18,19)(H2,16,17,20). The smallest absolute Gasteiger partial charge is 0.315 e. The molecule has 3 N–H and O–H groups in total. The highest BCUT2D eigenvalue weighted by Gasteiger charge is 2.19. The maximum absolute atomic E-state index is 11.9. The number of carbonyl (C=O) groups excluding carboxylic acids is 1. The summed E-state index contributed by atoms with van der Waals surface area (Å²) in [5.74, 6) is -0.858. The first-order valence-corrected chi connectivity index (χ1v) is 8.10. The monoisotopic (exact) mass is 312 g/mol. The first-order chi connectivity index (χ1) is 9.91. The van der Waals surface area contributed by atoms with Crippen molar-refractivity contribution in [2.24, 2.45) is 11.8 Å². The lowest BCUT2D eigenvalue weighted by Crippen LogP contribution is -2.40. The fourth-order valence-corrected chi connectivity index (χ4v) is 2.91. The number of carbonyl (C=O) groups is 2. The summed E-state index contributed by atoms with van der Waals surface area (Å²) < 4.78 is 0. The Morgan fingerprint density at radius 3 is 2.57 bits per heavy atom. The Hall–Kier alpha value is -1.56. The van der Waals surface area contributed by atoms with Gasteiger partial charge in [-0.3, -0.25) is 4.79 Å². The van der Waals surface area contributed by atoms with Crippen molar-refractivity contribution in [3.8, 4) is 0 Å². The second-order valence-corrected chi connectivity index (χ2v) is 6.50. The minimum atomic E-state index is -0.794. The van der Waals surface area contributed by atoms with Gasteiger partial charge in [0, 0.05) is 11.4 Å². The molecule has 1 heterocycles. The highest BCUT2D eigenvalue weighted by molar-refractivity contribution is 7.10. The van der Waals surface area contributed by atoms with Gasteiger partial charge in [0.2, 0.25) is 0 Å². The molecule has 0 bridgehead atoms. The van der Waals surface area contributed by atoms with E-state index in [1.54, 1.807) is 18.3 Å². The molecule has 5 nitrogen and oxygen atoms in total. The lowest BCUT2D eigenvalue weighted by atomic mass is 10.0. The summed E-state index contributed by atoms with van der Waals surface area (Å²) in [6, 6.07) is 3.79. The van der Waals surface area contributed by atoms with E-state index in [0.717, 1.165) is 4.88 Å². The molecule has 0 aromatic carbocycles. The quantitative estimate of drug-likeness (QED) is 0.645. The van der Waals surface area contributed by atoms with Crippen LogP contribution in [-0.2, 0) is 4.79 Å². The van der Waals surface area contributed by atoms with E-state index in [1.165, 1.54) is 0 Å². The number of nitrogens with one attached hydrogen (secondary N) is 2. The van der Waals surface area contributed by atoms with Crippen molar-refractivity contribution in [2.75, 3.05) is 6.54 Å².